The summed E-state index contributed by atoms with van der Waals surface area (Å²) in [4.78, 5) is 20.1. The van der Waals surface area contributed by atoms with E-state index in [1.165, 1.54) is 0 Å². The molecule has 0 radical (unpaired) electrons. The Morgan fingerprint density at radius 1 is 1.20 bits per heavy atom. The molecule has 0 bridgehead atoms. The Balaban J connectivity index is 1.65. The molecule has 6 nitrogen and oxygen atoms in total. The average Bonchev–Trinajstić information content (AvgIpc) is 2.65. The highest BCUT2D eigenvalue weighted by molar-refractivity contribution is 5.67. The summed E-state index contributed by atoms with van der Waals surface area (Å²) in [5, 5.41) is 10.2. The summed E-state index contributed by atoms with van der Waals surface area (Å²) < 4.78 is 5.04. The molecule has 1 aromatic carbocycles. The normalized spacial score (nSPS) is 15.2. The van der Waals surface area contributed by atoms with Crippen molar-refractivity contribution in [3.05, 3.63) is 48.2 Å². The molecule has 1 aromatic heterocycles. The fourth-order valence-electron chi connectivity index (χ4n) is 2.95. The molecular weight excluding hydrogens is 318 g/mol. The third-order valence-electron chi connectivity index (χ3n) is 4.33. The SMILES string of the molecule is CCOC(=O)N1CCN(Cc2cc(-c3ccccn3)ccc2O)CC1. The van der Waals surface area contributed by atoms with Crippen LogP contribution in [0, 0.1) is 0 Å². The molecule has 3 rings (SSSR count). The zero-order valence-corrected chi connectivity index (χ0v) is 14.4. The maximum absolute atomic E-state index is 11.8. The highest BCUT2D eigenvalue weighted by Gasteiger charge is 2.22. The van der Waals surface area contributed by atoms with Crippen LogP contribution in [0.2, 0.25) is 0 Å². The van der Waals surface area contributed by atoms with Gasteiger partial charge in [-0.1, -0.05) is 6.07 Å². The first-order chi connectivity index (χ1) is 12.2. The number of aromatic nitrogens is 1. The number of hydrogen-bond donors (Lipinski definition) is 1. The van der Waals surface area contributed by atoms with Gasteiger partial charge in [-0.3, -0.25) is 9.88 Å². The molecule has 1 N–H and O–H groups in total. The van der Waals surface area contributed by atoms with Crippen LogP contribution in [0.15, 0.2) is 42.6 Å². The first kappa shape index (κ1) is 17.2. The lowest BCUT2D eigenvalue weighted by molar-refractivity contribution is 0.0776. The number of ether oxygens (including phenoxy) is 1. The van der Waals surface area contributed by atoms with Gasteiger partial charge in [0.2, 0.25) is 0 Å². The van der Waals surface area contributed by atoms with Gasteiger partial charge >= 0.3 is 6.09 Å². The average molecular weight is 341 g/mol. The smallest absolute Gasteiger partial charge is 0.409 e. The highest BCUT2D eigenvalue weighted by Crippen LogP contribution is 2.26. The van der Waals surface area contributed by atoms with Crippen molar-refractivity contribution in [2.75, 3.05) is 32.8 Å². The zero-order chi connectivity index (χ0) is 17.6. The number of nitrogens with zero attached hydrogens (tertiary/aromatic N) is 3. The molecule has 1 aliphatic heterocycles. The first-order valence-electron chi connectivity index (χ1n) is 8.54. The molecule has 0 unspecified atom stereocenters. The molecule has 6 heteroatoms. The van der Waals surface area contributed by atoms with E-state index in [1.54, 1.807) is 17.2 Å². The summed E-state index contributed by atoms with van der Waals surface area (Å²) >= 11 is 0. The first-order valence-corrected chi connectivity index (χ1v) is 8.54. The van der Waals surface area contributed by atoms with Crippen molar-refractivity contribution in [2.24, 2.45) is 0 Å². The Labute approximate surface area is 147 Å². The quantitative estimate of drug-likeness (QED) is 0.926. The van der Waals surface area contributed by atoms with Crippen LogP contribution in [0.25, 0.3) is 11.3 Å². The second-order valence-electron chi connectivity index (χ2n) is 6.02. The van der Waals surface area contributed by atoms with Gasteiger partial charge < -0.3 is 14.7 Å². The minimum Gasteiger partial charge on any atom is -0.508 e. The van der Waals surface area contributed by atoms with Gasteiger partial charge in [0.05, 0.1) is 12.3 Å². The van der Waals surface area contributed by atoms with E-state index in [2.05, 4.69) is 9.88 Å². The molecule has 0 spiro atoms. The summed E-state index contributed by atoms with van der Waals surface area (Å²) in [6.45, 7) is 5.64. The second-order valence-corrected chi connectivity index (χ2v) is 6.02. The van der Waals surface area contributed by atoms with Crippen LogP contribution < -0.4 is 0 Å². The van der Waals surface area contributed by atoms with Gasteiger partial charge in [0.15, 0.2) is 0 Å². The second kappa shape index (κ2) is 7.98. The van der Waals surface area contributed by atoms with E-state index < -0.39 is 0 Å². The number of benzene rings is 1. The van der Waals surface area contributed by atoms with Crippen LogP contribution in [0.3, 0.4) is 0 Å². The third-order valence-corrected chi connectivity index (χ3v) is 4.33. The minimum atomic E-state index is -0.248. The molecule has 25 heavy (non-hydrogen) atoms. The topological polar surface area (TPSA) is 65.9 Å². The molecule has 0 aliphatic carbocycles. The van der Waals surface area contributed by atoms with Gasteiger partial charge in [0.1, 0.15) is 5.75 Å². The molecule has 132 valence electrons. The summed E-state index contributed by atoms with van der Waals surface area (Å²) in [6, 6.07) is 11.4. The molecule has 1 saturated heterocycles. The van der Waals surface area contributed by atoms with Gasteiger partial charge in [-0.25, -0.2) is 4.79 Å². The van der Waals surface area contributed by atoms with E-state index in [0.29, 0.717) is 26.2 Å². The number of carbonyl (C=O) groups excluding carboxylic acids is 1. The number of hydrogen-bond acceptors (Lipinski definition) is 5. The monoisotopic (exact) mass is 341 g/mol. The molecule has 2 heterocycles. The maximum atomic E-state index is 11.8. The van der Waals surface area contributed by atoms with Crippen LogP contribution in [0.5, 0.6) is 5.75 Å². The van der Waals surface area contributed by atoms with E-state index in [4.69, 9.17) is 4.74 Å². The highest BCUT2D eigenvalue weighted by atomic mass is 16.6. The molecule has 0 saturated carbocycles. The standard InChI is InChI=1S/C19H23N3O3/c1-2-25-19(24)22-11-9-21(10-12-22)14-16-13-15(6-7-18(16)23)17-5-3-4-8-20-17/h3-8,13,23H,2,9-12,14H2,1H3. The van der Waals surface area contributed by atoms with Crippen LogP contribution >= 0.6 is 0 Å². The Morgan fingerprint density at radius 3 is 2.68 bits per heavy atom. The summed E-state index contributed by atoms with van der Waals surface area (Å²) in [6.07, 6.45) is 1.51. The summed E-state index contributed by atoms with van der Waals surface area (Å²) in [7, 11) is 0. The van der Waals surface area contributed by atoms with Crippen LogP contribution in [-0.4, -0.2) is 58.8 Å². The third kappa shape index (κ3) is 4.28. The molecule has 2 aromatic rings. The number of carbonyl (C=O) groups is 1. The van der Waals surface area contributed by atoms with Gasteiger partial charge in [-0.2, -0.15) is 0 Å². The van der Waals surface area contributed by atoms with Crippen LogP contribution in [0.1, 0.15) is 12.5 Å². The maximum Gasteiger partial charge on any atom is 0.409 e. The number of amides is 1. The molecule has 0 atom stereocenters. The van der Waals surface area contributed by atoms with Gasteiger partial charge in [-0.15, -0.1) is 0 Å². The Kier molecular flexibility index (Phi) is 5.50. The number of rotatable bonds is 4. The van der Waals surface area contributed by atoms with Gasteiger partial charge in [0.25, 0.3) is 0 Å². The largest absolute Gasteiger partial charge is 0.508 e. The van der Waals surface area contributed by atoms with Crippen molar-refractivity contribution in [1.82, 2.24) is 14.8 Å². The lowest BCUT2D eigenvalue weighted by Gasteiger charge is -2.34. The molecule has 1 amide bonds. The van der Waals surface area contributed by atoms with E-state index in [0.717, 1.165) is 29.9 Å². The van der Waals surface area contributed by atoms with Crippen molar-refractivity contribution in [2.45, 2.75) is 13.5 Å². The van der Waals surface area contributed by atoms with E-state index >= 15 is 0 Å². The predicted octanol–water partition coefficient (Wildman–Crippen LogP) is 2.73. The predicted molar refractivity (Wildman–Crippen MR) is 95.2 cm³/mol. The molecule has 1 fully saturated rings. The van der Waals surface area contributed by atoms with Crippen molar-refractivity contribution >= 4 is 6.09 Å². The van der Waals surface area contributed by atoms with Crippen molar-refractivity contribution < 1.29 is 14.6 Å². The number of aromatic hydroxyl groups is 1. The number of phenolic OH excluding ortho intramolecular Hbond substituents is 1. The number of piperazine rings is 1. The van der Waals surface area contributed by atoms with Gasteiger partial charge in [0, 0.05) is 50.0 Å². The van der Waals surface area contributed by atoms with E-state index in [9.17, 15) is 9.90 Å². The number of phenols is 1. The van der Waals surface area contributed by atoms with Crippen molar-refractivity contribution in [1.29, 1.82) is 0 Å². The van der Waals surface area contributed by atoms with E-state index in [-0.39, 0.29) is 11.8 Å². The van der Waals surface area contributed by atoms with E-state index in [1.807, 2.05) is 37.3 Å². The fraction of sp³-hybridized carbons (Fsp3) is 0.368. The molecular formula is C19H23N3O3. The Hall–Kier alpha value is -2.60. The van der Waals surface area contributed by atoms with Crippen molar-refractivity contribution in [3.8, 4) is 17.0 Å². The van der Waals surface area contributed by atoms with Crippen LogP contribution in [0.4, 0.5) is 4.79 Å². The zero-order valence-electron chi connectivity index (χ0n) is 14.4. The Bertz CT molecular complexity index is 713. The molecule has 1 aliphatic rings. The lowest BCUT2D eigenvalue weighted by atomic mass is 10.1. The lowest BCUT2D eigenvalue weighted by Crippen LogP contribution is -2.48. The summed E-state index contributed by atoms with van der Waals surface area (Å²) in [5.41, 5.74) is 2.74. The fourth-order valence-corrected chi connectivity index (χ4v) is 2.95. The number of pyridine rings is 1. The minimum absolute atomic E-state index is 0.248. The van der Waals surface area contributed by atoms with Crippen molar-refractivity contribution in [3.63, 3.8) is 0 Å². The summed E-state index contributed by atoms with van der Waals surface area (Å²) in [5.74, 6) is 0.285. The van der Waals surface area contributed by atoms with Gasteiger partial charge in [-0.05, 0) is 37.3 Å². The van der Waals surface area contributed by atoms with Crippen LogP contribution in [-0.2, 0) is 11.3 Å². The Morgan fingerprint density at radius 2 is 2.00 bits per heavy atom.